The number of rotatable bonds is 1. The molecule has 0 unspecified atom stereocenters. The van der Waals surface area contributed by atoms with Gasteiger partial charge in [0.05, 0.1) is 0 Å². The van der Waals surface area contributed by atoms with E-state index in [0.29, 0.717) is 5.58 Å². The van der Waals surface area contributed by atoms with Gasteiger partial charge in [0.15, 0.2) is 0 Å². The van der Waals surface area contributed by atoms with Gasteiger partial charge in [-0.15, -0.1) is 0 Å². The van der Waals surface area contributed by atoms with Crippen molar-refractivity contribution < 1.29 is 9.15 Å². The third-order valence-corrected chi connectivity index (χ3v) is 2.01. The summed E-state index contributed by atoms with van der Waals surface area (Å²) in [6.45, 7) is 5.97. The van der Waals surface area contributed by atoms with Gasteiger partial charge < -0.3 is 9.15 Å². The molecule has 1 heterocycles. The average molecular weight is 218 g/mol. The molecular formula is C13H14O3. The molecule has 0 aliphatic carbocycles. The lowest BCUT2D eigenvalue weighted by Crippen LogP contribution is -2.22. The van der Waals surface area contributed by atoms with E-state index in [9.17, 15) is 4.79 Å². The fourth-order valence-corrected chi connectivity index (χ4v) is 1.47. The zero-order chi connectivity index (χ0) is 11.8. The van der Waals surface area contributed by atoms with Crippen molar-refractivity contribution in [3.05, 3.63) is 40.8 Å². The highest BCUT2D eigenvalue weighted by Crippen LogP contribution is 2.22. The Hall–Kier alpha value is -1.77. The monoisotopic (exact) mass is 218 g/mol. The highest BCUT2D eigenvalue weighted by Gasteiger charge is 2.12. The molecule has 0 atom stereocenters. The predicted octanol–water partition coefficient (Wildman–Crippen LogP) is 2.97. The maximum absolute atomic E-state index is 11.0. The van der Waals surface area contributed by atoms with Crippen LogP contribution in [0, 0.1) is 0 Å². The second-order valence-corrected chi connectivity index (χ2v) is 4.67. The van der Waals surface area contributed by atoms with Crippen molar-refractivity contribution in [2.45, 2.75) is 26.4 Å². The summed E-state index contributed by atoms with van der Waals surface area (Å²) in [4.78, 5) is 11.0. The molecule has 0 saturated carbocycles. The second-order valence-electron chi connectivity index (χ2n) is 4.67. The molecular weight excluding hydrogens is 204 g/mol. The third-order valence-electron chi connectivity index (χ3n) is 2.01. The van der Waals surface area contributed by atoms with Crippen LogP contribution >= 0.6 is 0 Å². The number of ether oxygens (including phenoxy) is 1. The van der Waals surface area contributed by atoms with Crippen LogP contribution in [0.3, 0.4) is 0 Å². The van der Waals surface area contributed by atoms with Gasteiger partial charge in [0.2, 0.25) is 0 Å². The summed E-state index contributed by atoms with van der Waals surface area (Å²) >= 11 is 0. The normalized spacial score (nSPS) is 11.7. The predicted molar refractivity (Wildman–Crippen MR) is 62.9 cm³/mol. The van der Waals surface area contributed by atoms with Gasteiger partial charge >= 0.3 is 5.63 Å². The van der Waals surface area contributed by atoms with Crippen LogP contribution < -0.4 is 10.4 Å². The lowest BCUT2D eigenvalue weighted by Gasteiger charge is -2.21. The van der Waals surface area contributed by atoms with Gasteiger partial charge in [-0.1, -0.05) is 0 Å². The van der Waals surface area contributed by atoms with Crippen molar-refractivity contribution in [3.63, 3.8) is 0 Å². The summed E-state index contributed by atoms with van der Waals surface area (Å²) in [7, 11) is 0. The fourth-order valence-electron chi connectivity index (χ4n) is 1.47. The van der Waals surface area contributed by atoms with Crippen LogP contribution in [0.5, 0.6) is 5.75 Å². The van der Waals surface area contributed by atoms with Crippen molar-refractivity contribution in [2.24, 2.45) is 0 Å². The first-order chi connectivity index (χ1) is 7.44. The van der Waals surface area contributed by atoms with E-state index in [1.54, 1.807) is 18.2 Å². The smallest absolute Gasteiger partial charge is 0.336 e. The minimum atomic E-state index is -0.336. The van der Waals surface area contributed by atoms with Gasteiger partial charge in [-0.05, 0) is 45.0 Å². The molecule has 2 aromatic rings. The maximum atomic E-state index is 11.0. The summed E-state index contributed by atoms with van der Waals surface area (Å²) in [5, 5.41) is 0.862. The third kappa shape index (κ3) is 2.42. The summed E-state index contributed by atoms with van der Waals surface area (Å²) in [5.41, 5.74) is 0.00859. The van der Waals surface area contributed by atoms with Crippen LogP contribution in [0.1, 0.15) is 20.8 Å². The second kappa shape index (κ2) is 3.67. The van der Waals surface area contributed by atoms with Gasteiger partial charge in [0.1, 0.15) is 16.9 Å². The largest absolute Gasteiger partial charge is 0.488 e. The van der Waals surface area contributed by atoms with Gasteiger partial charge in [0.25, 0.3) is 0 Å². The van der Waals surface area contributed by atoms with Gasteiger partial charge in [0, 0.05) is 11.5 Å². The molecule has 3 heteroatoms. The van der Waals surface area contributed by atoms with E-state index in [4.69, 9.17) is 9.15 Å². The lowest BCUT2D eigenvalue weighted by molar-refractivity contribution is 0.131. The van der Waals surface area contributed by atoms with Gasteiger partial charge in [-0.25, -0.2) is 4.79 Å². The van der Waals surface area contributed by atoms with Crippen molar-refractivity contribution in [1.29, 1.82) is 0 Å². The molecule has 0 radical (unpaired) electrons. The van der Waals surface area contributed by atoms with E-state index >= 15 is 0 Å². The molecule has 0 aliphatic rings. The first kappa shape index (κ1) is 10.7. The summed E-state index contributed by atoms with van der Waals surface area (Å²) in [6.07, 6.45) is 0. The number of hydrogen-bond donors (Lipinski definition) is 0. The van der Waals surface area contributed by atoms with E-state index in [-0.39, 0.29) is 11.2 Å². The first-order valence-corrected chi connectivity index (χ1v) is 5.17. The molecule has 0 fully saturated rings. The SMILES string of the molecule is CC(C)(C)Oc1ccc2oc(=O)ccc2c1. The molecule has 3 nitrogen and oxygen atoms in total. The van der Waals surface area contributed by atoms with Crippen molar-refractivity contribution in [2.75, 3.05) is 0 Å². The molecule has 2 rings (SSSR count). The Bertz CT molecular complexity index is 561. The van der Waals surface area contributed by atoms with Gasteiger partial charge in [-0.3, -0.25) is 0 Å². The molecule has 0 amide bonds. The fraction of sp³-hybridized carbons (Fsp3) is 0.308. The van der Waals surface area contributed by atoms with E-state index in [2.05, 4.69) is 0 Å². The topological polar surface area (TPSA) is 39.4 Å². The standard InChI is InChI=1S/C13H14O3/c1-13(2,3)16-10-5-6-11-9(8-10)4-7-12(14)15-11/h4-8H,1-3H3. The zero-order valence-electron chi connectivity index (χ0n) is 9.61. The summed E-state index contributed by atoms with van der Waals surface area (Å²) in [5.74, 6) is 0.772. The highest BCUT2D eigenvalue weighted by atomic mass is 16.5. The van der Waals surface area contributed by atoms with Crippen molar-refractivity contribution >= 4 is 11.0 Å². The van der Waals surface area contributed by atoms with Crippen LogP contribution in [-0.4, -0.2) is 5.60 Å². The average Bonchev–Trinajstić information content (AvgIpc) is 2.16. The number of fused-ring (bicyclic) bond motifs is 1. The molecule has 16 heavy (non-hydrogen) atoms. The molecule has 0 bridgehead atoms. The maximum Gasteiger partial charge on any atom is 0.336 e. The van der Waals surface area contributed by atoms with Crippen LogP contribution in [0.15, 0.2) is 39.5 Å². The Kier molecular flexibility index (Phi) is 2.46. The molecule has 84 valence electrons. The van der Waals surface area contributed by atoms with Crippen molar-refractivity contribution in [1.82, 2.24) is 0 Å². The molecule has 0 aliphatic heterocycles. The van der Waals surface area contributed by atoms with Crippen LogP contribution in [0.25, 0.3) is 11.0 Å². The molecule has 1 aromatic carbocycles. The Morgan fingerprint density at radius 2 is 1.88 bits per heavy atom. The zero-order valence-corrected chi connectivity index (χ0v) is 9.61. The van der Waals surface area contributed by atoms with Crippen LogP contribution in [-0.2, 0) is 0 Å². The summed E-state index contributed by atoms with van der Waals surface area (Å²) in [6, 6.07) is 8.55. The van der Waals surface area contributed by atoms with Crippen LogP contribution in [0.4, 0.5) is 0 Å². The lowest BCUT2D eigenvalue weighted by atomic mass is 10.2. The molecule has 0 spiro atoms. The van der Waals surface area contributed by atoms with E-state index in [0.717, 1.165) is 11.1 Å². The minimum absolute atomic E-state index is 0.233. The van der Waals surface area contributed by atoms with E-state index in [1.165, 1.54) is 6.07 Å². The Labute approximate surface area is 93.7 Å². The van der Waals surface area contributed by atoms with Crippen LogP contribution in [0.2, 0.25) is 0 Å². The van der Waals surface area contributed by atoms with E-state index in [1.807, 2.05) is 26.8 Å². The summed E-state index contributed by atoms with van der Waals surface area (Å²) < 4.78 is 10.8. The molecule has 1 aromatic heterocycles. The quantitative estimate of drug-likeness (QED) is 0.691. The van der Waals surface area contributed by atoms with Gasteiger partial charge in [-0.2, -0.15) is 0 Å². The Morgan fingerprint density at radius 1 is 1.12 bits per heavy atom. The highest BCUT2D eigenvalue weighted by molar-refractivity contribution is 5.77. The molecule has 0 saturated heterocycles. The Balaban J connectivity index is 2.45. The minimum Gasteiger partial charge on any atom is -0.488 e. The number of benzene rings is 1. The first-order valence-electron chi connectivity index (χ1n) is 5.17. The Morgan fingerprint density at radius 3 is 2.56 bits per heavy atom. The van der Waals surface area contributed by atoms with E-state index < -0.39 is 0 Å². The number of hydrogen-bond acceptors (Lipinski definition) is 3. The van der Waals surface area contributed by atoms with Crippen molar-refractivity contribution in [3.8, 4) is 5.75 Å². The molecule has 0 N–H and O–H groups in total.